The maximum atomic E-state index is 6.08. The lowest BCUT2D eigenvalue weighted by molar-refractivity contribution is 0.494. The van der Waals surface area contributed by atoms with Crippen LogP contribution >= 0.6 is 11.5 Å². The van der Waals surface area contributed by atoms with E-state index in [1.807, 2.05) is 6.07 Å². The second-order valence-corrected chi connectivity index (χ2v) is 5.09. The van der Waals surface area contributed by atoms with Crippen molar-refractivity contribution in [2.75, 3.05) is 0 Å². The van der Waals surface area contributed by atoms with Crippen molar-refractivity contribution in [3.63, 3.8) is 0 Å². The average molecular weight is 220 g/mol. The summed E-state index contributed by atoms with van der Waals surface area (Å²) in [6.45, 7) is 4.32. The van der Waals surface area contributed by atoms with E-state index in [2.05, 4.69) is 36.4 Å². The second-order valence-electron chi connectivity index (χ2n) is 4.23. The summed E-state index contributed by atoms with van der Waals surface area (Å²) in [5.74, 6) is 0.519. The molecule has 3 heteroatoms. The van der Waals surface area contributed by atoms with Gasteiger partial charge in [-0.3, -0.25) is 0 Å². The fourth-order valence-electron chi connectivity index (χ4n) is 1.54. The molecule has 2 rings (SSSR count). The molecule has 2 N–H and O–H groups in total. The van der Waals surface area contributed by atoms with Gasteiger partial charge in [0.15, 0.2) is 0 Å². The highest BCUT2D eigenvalue weighted by Crippen LogP contribution is 2.23. The van der Waals surface area contributed by atoms with Crippen molar-refractivity contribution in [2.24, 2.45) is 11.7 Å². The summed E-state index contributed by atoms with van der Waals surface area (Å²) in [6.07, 6.45) is 0.933. The summed E-state index contributed by atoms with van der Waals surface area (Å²) in [7, 11) is 0. The molecule has 0 aliphatic rings. The van der Waals surface area contributed by atoms with Gasteiger partial charge in [0, 0.05) is 16.3 Å². The van der Waals surface area contributed by atoms with E-state index < -0.39 is 0 Å². The van der Waals surface area contributed by atoms with Gasteiger partial charge in [0.05, 0.1) is 5.52 Å². The molecule has 80 valence electrons. The molecular weight excluding hydrogens is 204 g/mol. The van der Waals surface area contributed by atoms with Crippen LogP contribution in [-0.4, -0.2) is 10.4 Å². The van der Waals surface area contributed by atoms with Gasteiger partial charge in [0.25, 0.3) is 0 Å². The fraction of sp³-hybridized carbons (Fsp3) is 0.417. The van der Waals surface area contributed by atoms with E-state index in [9.17, 15) is 0 Å². The lowest BCUT2D eigenvalue weighted by Gasteiger charge is -2.13. The topological polar surface area (TPSA) is 38.9 Å². The lowest BCUT2D eigenvalue weighted by atomic mass is 10.0. The van der Waals surface area contributed by atoms with Gasteiger partial charge in [-0.05, 0) is 29.9 Å². The van der Waals surface area contributed by atoms with Crippen LogP contribution in [0.5, 0.6) is 0 Å². The lowest BCUT2D eigenvalue weighted by Crippen LogP contribution is -2.28. The number of nitrogens with two attached hydrogens (primary N) is 1. The Morgan fingerprint density at radius 3 is 2.80 bits per heavy atom. The number of fused-ring (bicyclic) bond motifs is 1. The minimum Gasteiger partial charge on any atom is -0.327 e. The summed E-state index contributed by atoms with van der Waals surface area (Å²) in [4.78, 5) is 1.31. The number of hydrogen-bond acceptors (Lipinski definition) is 3. The summed E-state index contributed by atoms with van der Waals surface area (Å²) in [5, 5.41) is 1.26. The highest BCUT2D eigenvalue weighted by atomic mass is 32.1. The molecule has 0 amide bonds. The Labute approximate surface area is 94.3 Å². The van der Waals surface area contributed by atoms with Gasteiger partial charge in [-0.25, -0.2) is 0 Å². The molecule has 0 aliphatic carbocycles. The van der Waals surface area contributed by atoms with E-state index in [0.29, 0.717) is 5.92 Å². The van der Waals surface area contributed by atoms with Crippen molar-refractivity contribution < 1.29 is 0 Å². The minimum atomic E-state index is 0.230. The number of aromatic nitrogens is 1. The van der Waals surface area contributed by atoms with E-state index in [-0.39, 0.29) is 6.04 Å². The molecule has 0 spiro atoms. The van der Waals surface area contributed by atoms with Crippen molar-refractivity contribution in [3.05, 3.63) is 29.1 Å². The van der Waals surface area contributed by atoms with E-state index in [1.165, 1.54) is 10.3 Å². The quantitative estimate of drug-likeness (QED) is 0.864. The van der Waals surface area contributed by atoms with Gasteiger partial charge < -0.3 is 5.73 Å². The molecule has 0 bridgehead atoms. The zero-order valence-corrected chi connectivity index (χ0v) is 9.92. The second kappa shape index (κ2) is 4.29. The zero-order chi connectivity index (χ0) is 10.8. The molecule has 0 radical (unpaired) electrons. The highest BCUT2D eigenvalue weighted by molar-refractivity contribution is 7.07. The van der Waals surface area contributed by atoms with E-state index in [0.717, 1.165) is 11.9 Å². The molecule has 1 atom stereocenters. The van der Waals surface area contributed by atoms with Crippen molar-refractivity contribution in [1.29, 1.82) is 0 Å². The van der Waals surface area contributed by atoms with E-state index >= 15 is 0 Å². The van der Waals surface area contributed by atoms with Crippen molar-refractivity contribution >= 4 is 22.4 Å². The predicted molar refractivity (Wildman–Crippen MR) is 66.1 cm³/mol. The molecule has 2 nitrogen and oxygen atoms in total. The maximum absolute atomic E-state index is 6.08. The molecule has 1 heterocycles. The number of benzene rings is 1. The van der Waals surface area contributed by atoms with Crippen molar-refractivity contribution in [2.45, 2.75) is 26.3 Å². The number of rotatable bonds is 3. The Bertz CT molecular complexity index is 448. The zero-order valence-electron chi connectivity index (χ0n) is 9.10. The monoisotopic (exact) mass is 220 g/mol. The van der Waals surface area contributed by atoms with Crippen LogP contribution in [0.25, 0.3) is 10.9 Å². The standard InChI is InChI=1S/C12H16N2S/c1-8(2)10(13)7-12-9-5-3-4-6-11(9)14-15-12/h3-6,8,10H,7,13H2,1-2H3. The SMILES string of the molecule is CC(C)C(N)Cc1snc2ccccc12. The molecule has 2 aromatic rings. The molecule has 0 fully saturated rings. The van der Waals surface area contributed by atoms with Crippen LogP contribution in [0.4, 0.5) is 0 Å². The third-order valence-corrected chi connectivity index (χ3v) is 3.63. The van der Waals surface area contributed by atoms with Crippen LogP contribution in [0.15, 0.2) is 24.3 Å². The van der Waals surface area contributed by atoms with Gasteiger partial charge in [0.1, 0.15) is 0 Å². The van der Waals surface area contributed by atoms with Crippen LogP contribution < -0.4 is 5.73 Å². The van der Waals surface area contributed by atoms with Crippen LogP contribution in [-0.2, 0) is 6.42 Å². The number of hydrogen-bond donors (Lipinski definition) is 1. The number of nitrogens with zero attached hydrogens (tertiary/aromatic N) is 1. The summed E-state index contributed by atoms with van der Waals surface area (Å²) in [5.41, 5.74) is 7.17. The van der Waals surface area contributed by atoms with Gasteiger partial charge in [-0.2, -0.15) is 4.37 Å². The van der Waals surface area contributed by atoms with Crippen LogP contribution in [0.2, 0.25) is 0 Å². The smallest absolute Gasteiger partial charge is 0.0843 e. The van der Waals surface area contributed by atoms with Gasteiger partial charge in [0.2, 0.25) is 0 Å². The Kier molecular flexibility index (Phi) is 3.03. The first-order valence-corrected chi connectivity index (χ1v) is 6.04. The largest absolute Gasteiger partial charge is 0.327 e. The first-order chi connectivity index (χ1) is 7.18. The third-order valence-electron chi connectivity index (χ3n) is 2.74. The molecule has 1 unspecified atom stereocenters. The summed E-state index contributed by atoms with van der Waals surface area (Å²) in [6, 6.07) is 8.49. The normalized spacial score (nSPS) is 13.6. The minimum absolute atomic E-state index is 0.230. The Balaban J connectivity index is 2.29. The maximum Gasteiger partial charge on any atom is 0.0843 e. The first-order valence-electron chi connectivity index (χ1n) is 5.27. The van der Waals surface area contributed by atoms with Gasteiger partial charge in [-0.1, -0.05) is 32.0 Å². The molecule has 15 heavy (non-hydrogen) atoms. The summed E-state index contributed by atoms with van der Waals surface area (Å²) >= 11 is 1.58. The van der Waals surface area contributed by atoms with Crippen molar-refractivity contribution in [3.8, 4) is 0 Å². The molecule has 1 aromatic carbocycles. The molecule has 1 aromatic heterocycles. The third kappa shape index (κ3) is 2.19. The highest BCUT2D eigenvalue weighted by Gasteiger charge is 2.12. The van der Waals surface area contributed by atoms with E-state index in [1.54, 1.807) is 11.5 Å². The Morgan fingerprint density at radius 2 is 2.07 bits per heavy atom. The Morgan fingerprint density at radius 1 is 1.33 bits per heavy atom. The molecule has 0 saturated carbocycles. The average Bonchev–Trinajstić information content (AvgIpc) is 2.62. The molecular formula is C12H16N2S. The van der Waals surface area contributed by atoms with Crippen LogP contribution in [0, 0.1) is 5.92 Å². The van der Waals surface area contributed by atoms with E-state index in [4.69, 9.17) is 5.73 Å². The van der Waals surface area contributed by atoms with Crippen molar-refractivity contribution in [1.82, 2.24) is 4.37 Å². The molecule has 0 saturated heterocycles. The van der Waals surface area contributed by atoms with Gasteiger partial charge in [-0.15, -0.1) is 0 Å². The first kappa shape index (κ1) is 10.6. The molecule has 0 aliphatic heterocycles. The fourth-order valence-corrected chi connectivity index (χ4v) is 2.45. The van der Waals surface area contributed by atoms with Gasteiger partial charge >= 0.3 is 0 Å². The summed E-state index contributed by atoms with van der Waals surface area (Å²) < 4.78 is 4.42. The van der Waals surface area contributed by atoms with Crippen LogP contribution in [0.3, 0.4) is 0 Å². The predicted octanol–water partition coefficient (Wildman–Crippen LogP) is 2.82. The Hall–Kier alpha value is -0.930. The van der Waals surface area contributed by atoms with Crippen LogP contribution in [0.1, 0.15) is 18.7 Å².